The average Bonchev–Trinajstić information content (AvgIpc) is 3.16. The summed E-state index contributed by atoms with van der Waals surface area (Å²) in [7, 11) is 0. The molecule has 0 aliphatic heterocycles. The van der Waals surface area contributed by atoms with Gasteiger partial charge in [-0.3, -0.25) is 4.79 Å². The van der Waals surface area contributed by atoms with Crippen molar-refractivity contribution in [1.29, 1.82) is 0 Å². The van der Waals surface area contributed by atoms with E-state index in [1.165, 1.54) is 29.0 Å². The molecule has 0 atom stereocenters. The van der Waals surface area contributed by atoms with Gasteiger partial charge in [-0.05, 0) is 52.9 Å². The number of fused-ring (bicyclic) bond motifs is 3. The molecule has 35 heavy (non-hydrogen) atoms. The summed E-state index contributed by atoms with van der Waals surface area (Å²) < 4.78 is 5.50. The third-order valence-corrected chi connectivity index (χ3v) is 6.79. The second-order valence-electron chi connectivity index (χ2n) is 8.19. The number of carboxylic acid groups (broad SMARTS) is 1. The fourth-order valence-corrected chi connectivity index (χ4v) is 4.87. The number of anilines is 1. The molecule has 3 aromatic carbocycles. The van der Waals surface area contributed by atoms with E-state index < -0.39 is 12.1 Å². The van der Waals surface area contributed by atoms with Crippen molar-refractivity contribution >= 4 is 35.4 Å². The molecule has 3 aromatic rings. The van der Waals surface area contributed by atoms with Crippen LogP contribution < -0.4 is 10.6 Å². The number of amides is 2. The van der Waals surface area contributed by atoms with Gasteiger partial charge in [0.2, 0.25) is 5.91 Å². The van der Waals surface area contributed by atoms with Crippen molar-refractivity contribution in [3.63, 3.8) is 0 Å². The van der Waals surface area contributed by atoms with Gasteiger partial charge in [0, 0.05) is 23.9 Å². The van der Waals surface area contributed by atoms with Crippen molar-refractivity contribution in [2.75, 3.05) is 30.0 Å². The molecule has 0 heterocycles. The Bertz CT molecular complexity index is 1210. The molecule has 0 spiro atoms. The van der Waals surface area contributed by atoms with Gasteiger partial charge in [-0.2, -0.15) is 11.8 Å². The highest BCUT2D eigenvalue weighted by Crippen LogP contribution is 2.44. The van der Waals surface area contributed by atoms with Crippen LogP contribution in [0, 0.1) is 6.92 Å². The van der Waals surface area contributed by atoms with Crippen LogP contribution in [0.15, 0.2) is 66.7 Å². The number of carbonyl (C=O) groups excluding carboxylic acids is 2. The molecular formula is C27H26N2O5S. The molecule has 0 saturated carbocycles. The highest BCUT2D eigenvalue weighted by atomic mass is 32.2. The number of thioether (sulfide) groups is 1. The van der Waals surface area contributed by atoms with Crippen molar-refractivity contribution in [1.82, 2.24) is 5.32 Å². The van der Waals surface area contributed by atoms with E-state index in [1.807, 2.05) is 24.3 Å². The number of carbonyl (C=O) groups is 3. The van der Waals surface area contributed by atoms with Crippen molar-refractivity contribution in [2.24, 2.45) is 0 Å². The van der Waals surface area contributed by atoms with Crippen LogP contribution in [-0.2, 0) is 9.53 Å². The molecule has 0 bridgehead atoms. The average molecular weight is 491 g/mol. The number of aryl methyl sites for hydroxylation is 1. The molecule has 8 heteroatoms. The number of hydrogen-bond acceptors (Lipinski definition) is 5. The van der Waals surface area contributed by atoms with Gasteiger partial charge in [-0.25, -0.2) is 9.59 Å². The van der Waals surface area contributed by atoms with E-state index in [9.17, 15) is 14.4 Å². The zero-order chi connectivity index (χ0) is 24.8. The largest absolute Gasteiger partial charge is 0.478 e. The molecule has 0 saturated heterocycles. The number of benzene rings is 3. The van der Waals surface area contributed by atoms with Crippen LogP contribution in [0.2, 0.25) is 0 Å². The number of rotatable bonds is 9. The number of aromatic carboxylic acids is 1. The van der Waals surface area contributed by atoms with Gasteiger partial charge < -0.3 is 20.5 Å². The Morgan fingerprint density at radius 3 is 2.26 bits per heavy atom. The molecule has 1 aliphatic rings. The summed E-state index contributed by atoms with van der Waals surface area (Å²) in [5.74, 6) is -0.418. The summed E-state index contributed by atoms with van der Waals surface area (Å²) in [6.07, 6.45) is -0.481. The lowest BCUT2D eigenvalue weighted by molar-refractivity contribution is -0.113. The van der Waals surface area contributed by atoms with E-state index in [-0.39, 0.29) is 29.7 Å². The van der Waals surface area contributed by atoms with Gasteiger partial charge in [-0.15, -0.1) is 0 Å². The summed E-state index contributed by atoms with van der Waals surface area (Å²) in [4.78, 5) is 35.4. The van der Waals surface area contributed by atoms with Crippen molar-refractivity contribution in [3.05, 3.63) is 89.0 Å². The summed E-state index contributed by atoms with van der Waals surface area (Å²) in [5, 5.41) is 14.6. The van der Waals surface area contributed by atoms with Crippen LogP contribution in [0.3, 0.4) is 0 Å². The lowest BCUT2D eigenvalue weighted by Crippen LogP contribution is -2.28. The number of carboxylic acids is 1. The fraction of sp³-hybridized carbons (Fsp3) is 0.222. The van der Waals surface area contributed by atoms with Gasteiger partial charge in [0.05, 0.1) is 11.3 Å². The van der Waals surface area contributed by atoms with Gasteiger partial charge in [-0.1, -0.05) is 48.5 Å². The SMILES string of the molecule is Cc1cc(NC(=O)CSCCNC(=O)OCC2c3ccccc3-c3ccccc32)ccc1C(=O)O. The molecule has 0 fully saturated rings. The predicted molar refractivity (Wildman–Crippen MR) is 137 cm³/mol. The number of alkyl carbamates (subject to hydrolysis) is 1. The molecule has 4 rings (SSSR count). The molecule has 0 unspecified atom stereocenters. The summed E-state index contributed by atoms with van der Waals surface area (Å²) >= 11 is 1.38. The molecule has 3 N–H and O–H groups in total. The first kappa shape index (κ1) is 24.3. The van der Waals surface area contributed by atoms with Crippen LogP contribution in [0.1, 0.15) is 33.0 Å². The van der Waals surface area contributed by atoms with Crippen LogP contribution in [0.5, 0.6) is 0 Å². The molecule has 2 amide bonds. The van der Waals surface area contributed by atoms with Gasteiger partial charge >= 0.3 is 12.1 Å². The maximum atomic E-state index is 12.2. The van der Waals surface area contributed by atoms with Gasteiger partial charge in [0.25, 0.3) is 0 Å². The minimum absolute atomic E-state index is 0.0134. The molecule has 0 aromatic heterocycles. The van der Waals surface area contributed by atoms with Gasteiger partial charge in [0.15, 0.2) is 0 Å². The third-order valence-electron chi connectivity index (χ3n) is 5.83. The Morgan fingerprint density at radius 2 is 1.63 bits per heavy atom. The topological polar surface area (TPSA) is 105 Å². The Kier molecular flexibility index (Phi) is 7.72. The Labute approximate surface area is 207 Å². The van der Waals surface area contributed by atoms with Gasteiger partial charge in [0.1, 0.15) is 6.61 Å². The first-order valence-electron chi connectivity index (χ1n) is 11.2. The first-order valence-corrected chi connectivity index (χ1v) is 12.4. The zero-order valence-electron chi connectivity index (χ0n) is 19.2. The van der Waals surface area contributed by atoms with Crippen LogP contribution in [-0.4, -0.2) is 47.7 Å². The normalized spacial score (nSPS) is 11.9. The predicted octanol–water partition coefficient (Wildman–Crippen LogP) is 4.90. The van der Waals surface area contributed by atoms with Crippen LogP contribution >= 0.6 is 11.8 Å². The van der Waals surface area contributed by atoms with E-state index in [4.69, 9.17) is 9.84 Å². The van der Waals surface area contributed by atoms with Crippen molar-refractivity contribution < 1.29 is 24.2 Å². The van der Waals surface area contributed by atoms with Crippen LogP contribution in [0.4, 0.5) is 10.5 Å². The quantitative estimate of drug-likeness (QED) is 0.369. The molecule has 180 valence electrons. The molecule has 1 aliphatic carbocycles. The standard InChI is InChI=1S/C27H26N2O5S/c1-17-14-18(10-11-19(17)26(31)32)29-25(30)16-35-13-12-28-27(33)34-15-24-22-8-4-2-6-20(22)21-7-3-5-9-23(21)24/h2-11,14,24H,12-13,15-16H2,1H3,(H,28,33)(H,29,30)(H,31,32). The van der Waals surface area contributed by atoms with E-state index >= 15 is 0 Å². The maximum Gasteiger partial charge on any atom is 0.407 e. The molecular weight excluding hydrogens is 464 g/mol. The smallest absolute Gasteiger partial charge is 0.407 e. The second kappa shape index (κ2) is 11.1. The summed E-state index contributed by atoms with van der Waals surface area (Å²) in [6.45, 7) is 2.32. The lowest BCUT2D eigenvalue weighted by atomic mass is 9.98. The number of nitrogens with one attached hydrogen (secondary N) is 2. The minimum atomic E-state index is -1.00. The molecule has 7 nitrogen and oxygen atoms in total. The summed E-state index contributed by atoms with van der Waals surface area (Å²) in [6, 6.07) is 21.0. The van der Waals surface area contributed by atoms with E-state index in [0.29, 0.717) is 23.5 Å². The van der Waals surface area contributed by atoms with Crippen LogP contribution in [0.25, 0.3) is 11.1 Å². The van der Waals surface area contributed by atoms with Crippen molar-refractivity contribution in [3.8, 4) is 11.1 Å². The Hall–Kier alpha value is -3.78. The van der Waals surface area contributed by atoms with E-state index in [2.05, 4.69) is 34.9 Å². The Morgan fingerprint density at radius 1 is 0.971 bits per heavy atom. The third kappa shape index (κ3) is 5.84. The molecule has 0 radical (unpaired) electrons. The first-order chi connectivity index (χ1) is 16.9. The van der Waals surface area contributed by atoms with E-state index in [1.54, 1.807) is 19.1 Å². The summed E-state index contributed by atoms with van der Waals surface area (Å²) in [5.41, 5.74) is 6.02. The zero-order valence-corrected chi connectivity index (χ0v) is 20.1. The lowest BCUT2D eigenvalue weighted by Gasteiger charge is -2.14. The van der Waals surface area contributed by atoms with E-state index in [0.717, 1.165) is 11.1 Å². The van der Waals surface area contributed by atoms with Crippen molar-refractivity contribution in [2.45, 2.75) is 12.8 Å². The number of ether oxygens (including phenoxy) is 1. The monoisotopic (exact) mass is 490 g/mol. The second-order valence-corrected chi connectivity index (χ2v) is 9.29. The highest BCUT2D eigenvalue weighted by Gasteiger charge is 2.28. The highest BCUT2D eigenvalue weighted by molar-refractivity contribution is 7.99. The fourth-order valence-electron chi connectivity index (χ4n) is 4.22. The minimum Gasteiger partial charge on any atom is -0.478 e. The maximum absolute atomic E-state index is 12.2. The number of hydrogen-bond donors (Lipinski definition) is 3. The Balaban J connectivity index is 1.17.